The van der Waals surface area contributed by atoms with E-state index in [1.165, 1.54) is 21.6 Å². The molecule has 0 saturated carbocycles. The second kappa shape index (κ2) is 7.28. The molecule has 0 atom stereocenters. The maximum atomic E-state index is 5.60. The minimum absolute atomic E-state index is 0.538. The zero-order valence-corrected chi connectivity index (χ0v) is 15.3. The van der Waals surface area contributed by atoms with Gasteiger partial charge in [0.25, 0.3) is 0 Å². The molecule has 3 N–H and O–H groups in total. The molecule has 24 heavy (non-hydrogen) atoms. The number of fused-ring (bicyclic) bond motifs is 1. The van der Waals surface area contributed by atoms with E-state index in [4.69, 9.17) is 5.73 Å². The fourth-order valence-electron chi connectivity index (χ4n) is 2.87. The summed E-state index contributed by atoms with van der Waals surface area (Å²) in [6.07, 6.45) is 2.56. The average Bonchev–Trinajstić information content (AvgIpc) is 2.92. The Kier molecular flexibility index (Phi) is 5.11. The number of nitrogens with zero attached hydrogens (tertiary/aromatic N) is 2. The highest BCUT2D eigenvalue weighted by atomic mass is 32.1. The van der Waals surface area contributed by atoms with Crippen molar-refractivity contribution in [2.45, 2.75) is 33.1 Å². The molecule has 0 radical (unpaired) electrons. The van der Waals surface area contributed by atoms with E-state index in [2.05, 4.69) is 60.3 Å². The molecule has 0 fully saturated rings. The molecule has 126 valence electrons. The Morgan fingerprint density at radius 3 is 2.58 bits per heavy atom. The summed E-state index contributed by atoms with van der Waals surface area (Å²) in [4.78, 5) is 11.2. The molecular weight excluding hydrogens is 316 g/mol. The van der Waals surface area contributed by atoms with Crippen LogP contribution >= 0.6 is 11.3 Å². The van der Waals surface area contributed by atoms with Gasteiger partial charge in [0.2, 0.25) is 0 Å². The second-order valence-corrected chi connectivity index (χ2v) is 7.48. The Balaban J connectivity index is 2.07. The van der Waals surface area contributed by atoms with Gasteiger partial charge in [0.15, 0.2) is 0 Å². The van der Waals surface area contributed by atoms with Crippen LogP contribution in [-0.2, 0) is 0 Å². The molecule has 3 aromatic rings. The number of nitrogens with two attached hydrogens (primary N) is 1. The maximum Gasteiger partial charge on any atom is 0.138 e. The van der Waals surface area contributed by atoms with Crippen molar-refractivity contribution in [1.82, 2.24) is 9.97 Å². The number of thiophene rings is 1. The van der Waals surface area contributed by atoms with Gasteiger partial charge in [0, 0.05) is 17.0 Å². The van der Waals surface area contributed by atoms with Gasteiger partial charge in [-0.25, -0.2) is 9.97 Å². The van der Waals surface area contributed by atoms with Crippen molar-refractivity contribution in [2.75, 3.05) is 18.4 Å². The smallest absolute Gasteiger partial charge is 0.138 e. The van der Waals surface area contributed by atoms with Crippen LogP contribution in [0.2, 0.25) is 0 Å². The summed E-state index contributed by atoms with van der Waals surface area (Å²) in [6.45, 7) is 8.08. The molecule has 1 aromatic carbocycles. The SMILES string of the molecule is Cc1sc2ncnc(NCCCN)c2c1-c1ccc(C(C)C)cc1. The number of hydrogen-bond acceptors (Lipinski definition) is 5. The molecule has 3 rings (SSSR count). The number of benzene rings is 1. The highest BCUT2D eigenvalue weighted by Gasteiger charge is 2.16. The summed E-state index contributed by atoms with van der Waals surface area (Å²) >= 11 is 1.72. The highest BCUT2D eigenvalue weighted by molar-refractivity contribution is 7.19. The number of hydrogen-bond donors (Lipinski definition) is 2. The molecule has 0 saturated heterocycles. The fourth-order valence-corrected chi connectivity index (χ4v) is 3.88. The first kappa shape index (κ1) is 16.9. The topological polar surface area (TPSA) is 63.8 Å². The summed E-state index contributed by atoms with van der Waals surface area (Å²) in [6, 6.07) is 8.85. The number of anilines is 1. The minimum atomic E-state index is 0.538. The van der Waals surface area contributed by atoms with Gasteiger partial charge in [0.05, 0.1) is 5.39 Å². The van der Waals surface area contributed by atoms with Crippen molar-refractivity contribution in [2.24, 2.45) is 5.73 Å². The lowest BCUT2D eigenvalue weighted by atomic mass is 9.98. The summed E-state index contributed by atoms with van der Waals surface area (Å²) in [5.74, 6) is 1.44. The third kappa shape index (κ3) is 3.28. The third-order valence-electron chi connectivity index (χ3n) is 4.20. The number of nitrogens with one attached hydrogen (secondary N) is 1. The number of aromatic nitrogens is 2. The molecule has 0 aliphatic heterocycles. The van der Waals surface area contributed by atoms with E-state index in [9.17, 15) is 0 Å². The van der Waals surface area contributed by atoms with E-state index in [1.54, 1.807) is 17.7 Å². The summed E-state index contributed by atoms with van der Waals surface area (Å²) in [5.41, 5.74) is 9.41. The van der Waals surface area contributed by atoms with Crippen molar-refractivity contribution < 1.29 is 0 Å². The second-order valence-electron chi connectivity index (χ2n) is 6.28. The van der Waals surface area contributed by atoms with Crippen LogP contribution in [-0.4, -0.2) is 23.1 Å². The predicted molar refractivity (Wildman–Crippen MR) is 104 cm³/mol. The largest absolute Gasteiger partial charge is 0.369 e. The van der Waals surface area contributed by atoms with Gasteiger partial charge in [-0.1, -0.05) is 38.1 Å². The van der Waals surface area contributed by atoms with Crippen LogP contribution in [0.1, 0.15) is 36.6 Å². The standard InChI is InChI=1S/C19H24N4S/c1-12(2)14-5-7-15(8-6-14)16-13(3)24-19-17(16)18(22-11-23-19)21-10-4-9-20/h5-8,11-12H,4,9-10,20H2,1-3H3,(H,21,22,23). The lowest BCUT2D eigenvalue weighted by Crippen LogP contribution is -2.09. The van der Waals surface area contributed by atoms with Crippen molar-refractivity contribution in [3.63, 3.8) is 0 Å². The molecular formula is C19H24N4S. The van der Waals surface area contributed by atoms with Crippen LogP contribution in [0.25, 0.3) is 21.3 Å². The molecule has 0 aliphatic carbocycles. The van der Waals surface area contributed by atoms with E-state index in [0.29, 0.717) is 12.5 Å². The summed E-state index contributed by atoms with van der Waals surface area (Å²) in [7, 11) is 0. The lowest BCUT2D eigenvalue weighted by Gasteiger charge is -2.10. The molecule has 2 heterocycles. The zero-order chi connectivity index (χ0) is 17.1. The number of rotatable bonds is 6. The molecule has 0 amide bonds. The molecule has 0 aliphatic rings. The van der Waals surface area contributed by atoms with Gasteiger partial charge in [0.1, 0.15) is 17.0 Å². The quantitative estimate of drug-likeness (QED) is 0.646. The average molecular weight is 340 g/mol. The van der Waals surface area contributed by atoms with Crippen LogP contribution in [0.4, 0.5) is 5.82 Å². The van der Waals surface area contributed by atoms with E-state index in [0.717, 1.165) is 29.0 Å². The van der Waals surface area contributed by atoms with Crippen molar-refractivity contribution >= 4 is 27.4 Å². The molecule has 0 bridgehead atoms. The van der Waals surface area contributed by atoms with E-state index in [-0.39, 0.29) is 0 Å². The number of aryl methyl sites for hydroxylation is 1. The Bertz CT molecular complexity index is 821. The van der Waals surface area contributed by atoms with Gasteiger partial charge in [-0.05, 0) is 36.9 Å². The zero-order valence-electron chi connectivity index (χ0n) is 14.5. The molecule has 4 nitrogen and oxygen atoms in total. The van der Waals surface area contributed by atoms with Crippen molar-refractivity contribution in [1.29, 1.82) is 0 Å². The maximum absolute atomic E-state index is 5.60. The van der Waals surface area contributed by atoms with Gasteiger partial charge >= 0.3 is 0 Å². The Morgan fingerprint density at radius 2 is 1.92 bits per heavy atom. The van der Waals surface area contributed by atoms with Crippen LogP contribution in [0.15, 0.2) is 30.6 Å². The van der Waals surface area contributed by atoms with Gasteiger partial charge < -0.3 is 11.1 Å². The monoisotopic (exact) mass is 340 g/mol. The van der Waals surface area contributed by atoms with Crippen LogP contribution in [0.3, 0.4) is 0 Å². The summed E-state index contributed by atoms with van der Waals surface area (Å²) in [5, 5.41) is 4.54. The normalized spacial score (nSPS) is 11.4. The van der Waals surface area contributed by atoms with E-state index in [1.807, 2.05) is 0 Å². The first-order valence-electron chi connectivity index (χ1n) is 8.40. The van der Waals surface area contributed by atoms with Gasteiger partial charge in [-0.15, -0.1) is 11.3 Å². The molecule has 5 heteroatoms. The van der Waals surface area contributed by atoms with Crippen molar-refractivity contribution in [3.8, 4) is 11.1 Å². The molecule has 0 spiro atoms. The van der Waals surface area contributed by atoms with Crippen LogP contribution in [0.5, 0.6) is 0 Å². The Hall–Kier alpha value is -1.98. The van der Waals surface area contributed by atoms with Crippen LogP contribution < -0.4 is 11.1 Å². The lowest BCUT2D eigenvalue weighted by molar-refractivity contribution is 0.867. The molecule has 0 unspecified atom stereocenters. The van der Waals surface area contributed by atoms with Crippen molar-refractivity contribution in [3.05, 3.63) is 41.0 Å². The Labute approximate surface area is 147 Å². The summed E-state index contributed by atoms with van der Waals surface area (Å²) < 4.78 is 0. The Morgan fingerprint density at radius 1 is 1.17 bits per heavy atom. The van der Waals surface area contributed by atoms with Crippen LogP contribution in [0, 0.1) is 6.92 Å². The highest BCUT2D eigenvalue weighted by Crippen LogP contribution is 2.40. The first-order valence-corrected chi connectivity index (χ1v) is 9.21. The fraction of sp³-hybridized carbons (Fsp3) is 0.368. The third-order valence-corrected chi connectivity index (χ3v) is 5.22. The van der Waals surface area contributed by atoms with E-state index < -0.39 is 0 Å². The minimum Gasteiger partial charge on any atom is -0.369 e. The van der Waals surface area contributed by atoms with Gasteiger partial charge in [-0.2, -0.15) is 0 Å². The van der Waals surface area contributed by atoms with E-state index >= 15 is 0 Å². The molecule has 2 aromatic heterocycles. The van der Waals surface area contributed by atoms with Gasteiger partial charge in [-0.3, -0.25) is 0 Å². The first-order chi connectivity index (χ1) is 11.6. The predicted octanol–water partition coefficient (Wildman–Crippen LogP) is 4.55.